The Morgan fingerprint density at radius 3 is 2.68 bits per heavy atom. The lowest BCUT2D eigenvalue weighted by Gasteiger charge is -2.14. The van der Waals surface area contributed by atoms with Crippen LogP contribution in [0.3, 0.4) is 0 Å². The Bertz CT molecular complexity index is 510. The Morgan fingerprint density at radius 2 is 2.16 bits per heavy atom. The number of carboxylic acid groups (broad SMARTS) is 1. The van der Waals surface area contributed by atoms with E-state index in [9.17, 15) is 9.59 Å². The lowest BCUT2D eigenvalue weighted by molar-refractivity contribution is 0.0696. The average molecular weight is 265 g/mol. The number of nitrogens with one attached hydrogen (secondary N) is 1. The first-order valence-electron chi connectivity index (χ1n) is 5.46. The van der Waals surface area contributed by atoms with Crippen LogP contribution in [0.15, 0.2) is 24.8 Å². The third kappa shape index (κ3) is 3.48. The summed E-state index contributed by atoms with van der Waals surface area (Å²) in [4.78, 5) is 22.5. The van der Waals surface area contributed by atoms with Crippen molar-refractivity contribution in [2.24, 2.45) is 0 Å². The third-order valence-electron chi connectivity index (χ3n) is 2.44. The van der Waals surface area contributed by atoms with E-state index in [1.165, 1.54) is 25.3 Å². The van der Waals surface area contributed by atoms with E-state index in [4.69, 9.17) is 14.6 Å². The van der Waals surface area contributed by atoms with Crippen molar-refractivity contribution in [1.29, 1.82) is 0 Å². The van der Waals surface area contributed by atoms with E-state index >= 15 is 0 Å². The fourth-order valence-electron chi connectivity index (χ4n) is 1.52. The highest BCUT2D eigenvalue weighted by Crippen LogP contribution is 2.30. The molecular weight excluding hydrogens is 250 g/mol. The predicted octanol–water partition coefficient (Wildman–Crippen LogP) is 2.44. The first-order chi connectivity index (χ1) is 9.01. The van der Waals surface area contributed by atoms with Gasteiger partial charge in [0.2, 0.25) is 0 Å². The first-order valence-corrected chi connectivity index (χ1v) is 5.46. The minimum absolute atomic E-state index is 0.0613. The van der Waals surface area contributed by atoms with E-state index in [1.807, 2.05) is 0 Å². The molecule has 6 heteroatoms. The van der Waals surface area contributed by atoms with Crippen molar-refractivity contribution in [2.75, 3.05) is 19.0 Å². The highest BCUT2D eigenvalue weighted by Gasteiger charge is 2.17. The Hall–Kier alpha value is -2.50. The van der Waals surface area contributed by atoms with Gasteiger partial charge in [-0.15, -0.1) is 0 Å². The zero-order chi connectivity index (χ0) is 14.4. The Morgan fingerprint density at radius 1 is 1.47 bits per heavy atom. The molecule has 2 N–H and O–H groups in total. The fraction of sp³-hybridized carbons (Fsp3) is 0.231. The molecule has 0 bridgehead atoms. The molecule has 1 aromatic carbocycles. The standard InChI is InChI=1S/C13H15NO5/c1-4-7-19-13(17)14-11-8(2)9(12(15)16)5-6-10(11)18-3/h4-6H,1,7H2,2-3H3,(H,14,17)(H,15,16). The Labute approximate surface area is 110 Å². The average Bonchev–Trinajstić information content (AvgIpc) is 2.38. The molecule has 6 nitrogen and oxygen atoms in total. The lowest BCUT2D eigenvalue weighted by atomic mass is 10.1. The molecule has 0 saturated carbocycles. The topological polar surface area (TPSA) is 84.9 Å². The molecule has 102 valence electrons. The summed E-state index contributed by atoms with van der Waals surface area (Å²) in [6, 6.07) is 2.89. The minimum atomic E-state index is -1.08. The van der Waals surface area contributed by atoms with E-state index in [0.717, 1.165) is 0 Å². The summed E-state index contributed by atoms with van der Waals surface area (Å²) in [5.41, 5.74) is 0.749. The summed E-state index contributed by atoms with van der Waals surface area (Å²) in [6.07, 6.45) is 0.723. The second-order valence-electron chi connectivity index (χ2n) is 3.63. The van der Waals surface area contributed by atoms with Gasteiger partial charge in [0.05, 0.1) is 18.4 Å². The molecule has 0 saturated heterocycles. The monoisotopic (exact) mass is 265 g/mol. The van der Waals surface area contributed by atoms with Gasteiger partial charge < -0.3 is 14.6 Å². The summed E-state index contributed by atoms with van der Waals surface area (Å²) in [7, 11) is 1.43. The molecule has 1 rings (SSSR count). The van der Waals surface area contributed by atoms with Gasteiger partial charge in [-0.2, -0.15) is 0 Å². The maximum absolute atomic E-state index is 11.5. The zero-order valence-electron chi connectivity index (χ0n) is 10.7. The van der Waals surface area contributed by atoms with Gasteiger partial charge in [0, 0.05) is 0 Å². The van der Waals surface area contributed by atoms with E-state index in [2.05, 4.69) is 11.9 Å². The number of aromatic carboxylic acids is 1. The number of carbonyl (C=O) groups is 2. The normalized spacial score (nSPS) is 9.58. The number of hydrogen-bond acceptors (Lipinski definition) is 4. The summed E-state index contributed by atoms with van der Waals surface area (Å²) in [6.45, 7) is 5.06. The SMILES string of the molecule is C=CCOC(=O)Nc1c(OC)ccc(C(=O)O)c1C. The molecule has 1 aromatic rings. The van der Waals surface area contributed by atoms with Gasteiger partial charge in [-0.05, 0) is 24.6 Å². The smallest absolute Gasteiger partial charge is 0.412 e. The van der Waals surface area contributed by atoms with Crippen molar-refractivity contribution in [3.8, 4) is 5.75 Å². The molecule has 0 spiro atoms. The molecule has 0 radical (unpaired) electrons. The molecule has 0 aromatic heterocycles. The number of benzene rings is 1. The van der Waals surface area contributed by atoms with E-state index in [0.29, 0.717) is 11.3 Å². The van der Waals surface area contributed by atoms with Crippen LogP contribution in [0.1, 0.15) is 15.9 Å². The van der Waals surface area contributed by atoms with Crippen LogP contribution in [0.4, 0.5) is 10.5 Å². The number of carbonyl (C=O) groups excluding carboxylic acids is 1. The van der Waals surface area contributed by atoms with Crippen LogP contribution in [0, 0.1) is 6.92 Å². The van der Waals surface area contributed by atoms with Crippen LogP contribution in [-0.4, -0.2) is 30.9 Å². The lowest BCUT2D eigenvalue weighted by Crippen LogP contribution is -2.16. The largest absolute Gasteiger partial charge is 0.495 e. The third-order valence-corrected chi connectivity index (χ3v) is 2.44. The van der Waals surface area contributed by atoms with Crippen LogP contribution in [0.25, 0.3) is 0 Å². The van der Waals surface area contributed by atoms with Crippen molar-refractivity contribution < 1.29 is 24.2 Å². The zero-order valence-corrected chi connectivity index (χ0v) is 10.7. The van der Waals surface area contributed by atoms with Crippen molar-refractivity contribution in [3.05, 3.63) is 35.9 Å². The molecule has 0 heterocycles. The summed E-state index contributed by atoms with van der Waals surface area (Å²) < 4.78 is 9.86. The first kappa shape index (κ1) is 14.6. The summed E-state index contributed by atoms with van der Waals surface area (Å²) in [5.74, 6) is -0.722. The number of rotatable bonds is 5. The van der Waals surface area contributed by atoms with Crippen LogP contribution >= 0.6 is 0 Å². The molecule has 0 atom stereocenters. The van der Waals surface area contributed by atoms with Gasteiger partial charge in [0.1, 0.15) is 12.4 Å². The van der Waals surface area contributed by atoms with Gasteiger partial charge in [-0.3, -0.25) is 5.32 Å². The van der Waals surface area contributed by atoms with Crippen LogP contribution in [-0.2, 0) is 4.74 Å². The molecule has 0 aliphatic carbocycles. The van der Waals surface area contributed by atoms with Gasteiger partial charge >= 0.3 is 12.1 Å². The summed E-state index contributed by atoms with van der Waals surface area (Å²) >= 11 is 0. The maximum Gasteiger partial charge on any atom is 0.412 e. The number of ether oxygens (including phenoxy) is 2. The van der Waals surface area contributed by atoms with Crippen molar-refractivity contribution in [2.45, 2.75) is 6.92 Å². The number of anilines is 1. The van der Waals surface area contributed by atoms with Crippen molar-refractivity contribution >= 4 is 17.7 Å². The van der Waals surface area contributed by atoms with E-state index in [1.54, 1.807) is 6.92 Å². The van der Waals surface area contributed by atoms with E-state index in [-0.39, 0.29) is 17.9 Å². The number of carboxylic acids is 1. The molecule has 0 aliphatic rings. The van der Waals surface area contributed by atoms with Crippen LogP contribution in [0.5, 0.6) is 5.75 Å². The van der Waals surface area contributed by atoms with Crippen LogP contribution < -0.4 is 10.1 Å². The second kappa shape index (κ2) is 6.44. The van der Waals surface area contributed by atoms with Crippen LogP contribution in [0.2, 0.25) is 0 Å². The van der Waals surface area contributed by atoms with Gasteiger partial charge in [-0.25, -0.2) is 9.59 Å². The Kier molecular flexibility index (Phi) is 4.93. The number of amides is 1. The van der Waals surface area contributed by atoms with E-state index < -0.39 is 12.1 Å². The molecule has 0 fully saturated rings. The highest BCUT2D eigenvalue weighted by molar-refractivity contribution is 5.95. The maximum atomic E-state index is 11.5. The van der Waals surface area contributed by atoms with Gasteiger partial charge in [0.25, 0.3) is 0 Å². The molecule has 19 heavy (non-hydrogen) atoms. The van der Waals surface area contributed by atoms with Gasteiger partial charge in [0.15, 0.2) is 0 Å². The highest BCUT2D eigenvalue weighted by atomic mass is 16.5. The Balaban J connectivity index is 3.09. The number of hydrogen-bond donors (Lipinski definition) is 2. The molecular formula is C13H15NO5. The molecule has 0 aliphatic heterocycles. The number of methoxy groups -OCH3 is 1. The fourth-order valence-corrected chi connectivity index (χ4v) is 1.52. The molecule has 1 amide bonds. The minimum Gasteiger partial charge on any atom is -0.495 e. The quantitative estimate of drug-likeness (QED) is 0.799. The van der Waals surface area contributed by atoms with Crippen molar-refractivity contribution in [3.63, 3.8) is 0 Å². The van der Waals surface area contributed by atoms with Gasteiger partial charge in [-0.1, -0.05) is 12.7 Å². The predicted molar refractivity (Wildman–Crippen MR) is 69.9 cm³/mol. The summed E-state index contributed by atoms with van der Waals surface area (Å²) in [5, 5.41) is 11.5. The van der Waals surface area contributed by atoms with Crippen molar-refractivity contribution in [1.82, 2.24) is 0 Å². The second-order valence-corrected chi connectivity index (χ2v) is 3.63. The molecule has 0 unspecified atom stereocenters.